The largest absolute Gasteiger partial charge is 1.00 e. The molecule has 0 spiro atoms. The van der Waals surface area contributed by atoms with Crippen LogP contribution in [-0.2, 0) is 15.1 Å². The SMILES string of the molecule is O=S(=O)([O-])[O-].OCCOCCO.[Na+].[Na+]. The van der Waals surface area contributed by atoms with E-state index in [1.54, 1.807) is 0 Å². The van der Waals surface area contributed by atoms with Crippen LogP contribution in [0.1, 0.15) is 0 Å². The van der Waals surface area contributed by atoms with Gasteiger partial charge in [-0.05, 0) is 0 Å². The van der Waals surface area contributed by atoms with Gasteiger partial charge < -0.3 is 24.1 Å². The minimum atomic E-state index is -5.17. The van der Waals surface area contributed by atoms with E-state index in [1.807, 2.05) is 0 Å². The molecule has 0 fully saturated rings. The van der Waals surface area contributed by atoms with Crippen molar-refractivity contribution in [3.63, 3.8) is 0 Å². The topological polar surface area (TPSA) is 130 Å². The smallest absolute Gasteiger partial charge is 0.759 e. The van der Waals surface area contributed by atoms with E-state index in [-0.39, 0.29) is 72.3 Å². The fraction of sp³-hybridized carbons (Fsp3) is 1.00. The maximum absolute atomic E-state index is 8.52. The first-order valence-corrected chi connectivity index (χ1v) is 4.21. The van der Waals surface area contributed by atoms with E-state index in [0.717, 1.165) is 0 Å². The predicted octanol–water partition coefficient (Wildman–Crippen LogP) is -8.34. The van der Waals surface area contributed by atoms with E-state index >= 15 is 0 Å². The van der Waals surface area contributed by atoms with Crippen LogP contribution in [-0.4, -0.2) is 54.2 Å². The molecule has 0 saturated heterocycles. The van der Waals surface area contributed by atoms with E-state index < -0.39 is 10.4 Å². The standard InChI is InChI=1S/C4H10O3.2Na.H2O4S/c5-1-3-7-4-2-6;;;1-5(2,3)4/h5-6H,1-4H2;;;(H2,1,2,3,4)/q;2*+1;/p-2. The molecule has 0 atom stereocenters. The van der Waals surface area contributed by atoms with E-state index in [0.29, 0.717) is 13.2 Å². The fourth-order valence-corrected chi connectivity index (χ4v) is 0.231. The van der Waals surface area contributed by atoms with Crippen LogP contribution in [0.5, 0.6) is 0 Å². The molecule has 0 saturated carbocycles. The third-order valence-corrected chi connectivity index (χ3v) is 0.471. The summed E-state index contributed by atoms with van der Waals surface area (Å²) in [4.78, 5) is 0. The van der Waals surface area contributed by atoms with Crippen LogP contribution in [0, 0.1) is 0 Å². The van der Waals surface area contributed by atoms with Crippen molar-refractivity contribution in [3.8, 4) is 0 Å². The van der Waals surface area contributed by atoms with Crippen molar-refractivity contribution in [2.45, 2.75) is 0 Å². The minimum absolute atomic E-state index is 0. The normalized spacial score (nSPS) is 8.86. The van der Waals surface area contributed by atoms with Gasteiger partial charge in [-0.25, -0.2) is 0 Å². The van der Waals surface area contributed by atoms with Gasteiger partial charge in [-0.15, -0.1) is 0 Å². The second-order valence-electron chi connectivity index (χ2n) is 1.47. The first-order chi connectivity index (χ1) is 5.41. The first-order valence-electron chi connectivity index (χ1n) is 2.88. The van der Waals surface area contributed by atoms with Crippen molar-refractivity contribution in [1.29, 1.82) is 0 Å². The molecule has 0 aliphatic heterocycles. The van der Waals surface area contributed by atoms with Crippen LogP contribution in [0.3, 0.4) is 0 Å². The third-order valence-electron chi connectivity index (χ3n) is 0.471. The molecule has 0 bridgehead atoms. The Kier molecular flexibility index (Phi) is 30.4. The number of rotatable bonds is 4. The van der Waals surface area contributed by atoms with Crippen molar-refractivity contribution in [3.05, 3.63) is 0 Å². The summed E-state index contributed by atoms with van der Waals surface area (Å²) in [6.07, 6.45) is 0. The molecular weight excluding hydrogens is 238 g/mol. The van der Waals surface area contributed by atoms with Gasteiger partial charge in [-0.1, -0.05) is 0 Å². The molecule has 0 aliphatic carbocycles. The maximum atomic E-state index is 8.52. The molecule has 0 aromatic heterocycles. The monoisotopic (exact) mass is 248 g/mol. The fourth-order valence-electron chi connectivity index (χ4n) is 0.231. The third kappa shape index (κ3) is 67.6. The molecular formula is C4H10Na2O7S. The Labute approximate surface area is 127 Å². The molecule has 0 heterocycles. The van der Waals surface area contributed by atoms with Crippen LogP contribution in [0.15, 0.2) is 0 Å². The molecule has 2 N–H and O–H groups in total. The molecule has 76 valence electrons. The summed E-state index contributed by atoms with van der Waals surface area (Å²) < 4.78 is 38.7. The van der Waals surface area contributed by atoms with Gasteiger partial charge in [0.2, 0.25) is 0 Å². The summed E-state index contributed by atoms with van der Waals surface area (Å²) in [5.74, 6) is 0. The van der Waals surface area contributed by atoms with E-state index in [2.05, 4.69) is 4.74 Å². The van der Waals surface area contributed by atoms with Crippen LogP contribution in [0.25, 0.3) is 0 Å². The van der Waals surface area contributed by atoms with Gasteiger partial charge in [-0.3, -0.25) is 8.42 Å². The second-order valence-corrected chi connectivity index (χ2v) is 2.28. The van der Waals surface area contributed by atoms with Gasteiger partial charge in [0.05, 0.1) is 26.4 Å². The Bertz CT molecular complexity index is 159. The van der Waals surface area contributed by atoms with E-state index in [4.69, 9.17) is 27.7 Å². The molecule has 10 heteroatoms. The van der Waals surface area contributed by atoms with Gasteiger partial charge in [-0.2, -0.15) is 0 Å². The van der Waals surface area contributed by atoms with Crippen LogP contribution in [0.4, 0.5) is 0 Å². The summed E-state index contributed by atoms with van der Waals surface area (Å²) in [6.45, 7) is 0.696. The molecule has 14 heavy (non-hydrogen) atoms. The van der Waals surface area contributed by atoms with Crippen molar-refractivity contribution in [2.24, 2.45) is 0 Å². The Morgan fingerprint density at radius 3 is 1.36 bits per heavy atom. The van der Waals surface area contributed by atoms with Crippen molar-refractivity contribution in [1.82, 2.24) is 0 Å². The summed E-state index contributed by atoms with van der Waals surface area (Å²) >= 11 is 0. The van der Waals surface area contributed by atoms with Gasteiger partial charge >= 0.3 is 59.1 Å². The first kappa shape index (κ1) is 24.8. The maximum Gasteiger partial charge on any atom is 1.00 e. The van der Waals surface area contributed by atoms with Gasteiger partial charge in [0, 0.05) is 10.4 Å². The van der Waals surface area contributed by atoms with Crippen LogP contribution < -0.4 is 59.1 Å². The zero-order valence-electron chi connectivity index (χ0n) is 8.17. The Morgan fingerprint density at radius 1 is 1.00 bits per heavy atom. The average molecular weight is 248 g/mol. The zero-order valence-corrected chi connectivity index (χ0v) is 13.0. The number of aliphatic hydroxyl groups excluding tert-OH is 2. The van der Waals surface area contributed by atoms with Gasteiger partial charge in [0.15, 0.2) is 0 Å². The molecule has 0 aliphatic rings. The van der Waals surface area contributed by atoms with Crippen LogP contribution >= 0.6 is 0 Å². The van der Waals surface area contributed by atoms with Crippen molar-refractivity contribution in [2.75, 3.05) is 26.4 Å². The molecule has 0 rings (SSSR count). The Hall–Kier alpha value is 1.75. The Morgan fingerprint density at radius 2 is 1.21 bits per heavy atom. The van der Waals surface area contributed by atoms with Gasteiger partial charge in [0.25, 0.3) is 0 Å². The molecule has 7 nitrogen and oxygen atoms in total. The second kappa shape index (κ2) is 17.2. The molecule has 0 aromatic rings. The van der Waals surface area contributed by atoms with Crippen LogP contribution in [0.2, 0.25) is 0 Å². The van der Waals surface area contributed by atoms with Crippen molar-refractivity contribution < 1.29 is 91.6 Å². The van der Waals surface area contributed by atoms with E-state index in [1.165, 1.54) is 0 Å². The van der Waals surface area contributed by atoms with Crippen molar-refractivity contribution >= 4 is 10.4 Å². The number of aliphatic hydroxyl groups is 2. The number of hydrogen-bond donors (Lipinski definition) is 2. The summed E-state index contributed by atoms with van der Waals surface area (Å²) in [5, 5.41) is 16.2. The minimum Gasteiger partial charge on any atom is -0.759 e. The predicted molar refractivity (Wildman–Crippen MR) is 35.5 cm³/mol. The number of ether oxygens (including phenoxy) is 1. The number of hydrogen-bond acceptors (Lipinski definition) is 7. The average Bonchev–Trinajstić information content (AvgIpc) is 1.85. The van der Waals surface area contributed by atoms with E-state index in [9.17, 15) is 0 Å². The zero-order chi connectivity index (χ0) is 10.0. The molecule has 0 unspecified atom stereocenters. The summed E-state index contributed by atoms with van der Waals surface area (Å²) in [5.41, 5.74) is 0. The summed E-state index contributed by atoms with van der Waals surface area (Å²) in [7, 11) is -5.17. The quantitative estimate of drug-likeness (QED) is 0.218. The molecule has 0 radical (unpaired) electrons. The molecule has 0 amide bonds. The molecule has 0 aromatic carbocycles. The Balaban J connectivity index is -0.0000000651. The summed E-state index contributed by atoms with van der Waals surface area (Å²) in [6, 6.07) is 0. The van der Waals surface area contributed by atoms with Gasteiger partial charge in [0.1, 0.15) is 0 Å².